The molecule has 2 aromatic rings. The molecule has 3 nitrogen and oxygen atoms in total. The van der Waals surface area contributed by atoms with Crippen LogP contribution in [0.25, 0.3) is 10.8 Å². The lowest BCUT2D eigenvalue weighted by Gasteiger charge is -2.20. The predicted molar refractivity (Wildman–Crippen MR) is 93.3 cm³/mol. The second-order valence-electron chi connectivity index (χ2n) is 5.51. The number of likely N-dealkylation sites (N-methyl/N-ethyl adjacent to an activating group) is 1. The first-order valence-electron chi connectivity index (χ1n) is 8.21. The monoisotopic (exact) mass is 298 g/mol. The average Bonchev–Trinajstić information content (AvgIpc) is 2.80. The van der Waals surface area contributed by atoms with Gasteiger partial charge in [0.15, 0.2) is 0 Å². The minimum absolute atomic E-state index is 0.158. The van der Waals surface area contributed by atoms with E-state index in [0.29, 0.717) is 0 Å². The number of benzene rings is 2. The number of rotatable bonds is 1. The van der Waals surface area contributed by atoms with Crippen molar-refractivity contribution < 1.29 is 4.79 Å². The molecule has 0 aliphatic carbocycles. The van der Waals surface area contributed by atoms with Gasteiger partial charge in [-0.05, 0) is 42.9 Å². The Kier molecular flexibility index (Phi) is 5.96. The molecule has 1 heterocycles. The first kappa shape index (κ1) is 16.5. The van der Waals surface area contributed by atoms with Crippen LogP contribution in [0, 0.1) is 0 Å². The molecule has 0 N–H and O–H groups in total. The number of carbonyl (C=O) groups excluding carboxylic acids is 1. The zero-order valence-electron chi connectivity index (χ0n) is 13.9. The van der Waals surface area contributed by atoms with E-state index in [9.17, 15) is 4.79 Å². The highest BCUT2D eigenvalue weighted by molar-refractivity contribution is 5.98. The molecular formula is C19H26N2O. The molecule has 1 aliphatic heterocycles. The summed E-state index contributed by atoms with van der Waals surface area (Å²) in [5.41, 5.74) is 0.799. The second-order valence-corrected chi connectivity index (χ2v) is 5.51. The summed E-state index contributed by atoms with van der Waals surface area (Å²) in [6.07, 6.45) is 1.05. The quantitative estimate of drug-likeness (QED) is 0.802. The Bertz CT molecular complexity index is 624. The van der Waals surface area contributed by atoms with Crippen molar-refractivity contribution in [2.75, 3.05) is 33.2 Å². The van der Waals surface area contributed by atoms with Crippen molar-refractivity contribution >= 4 is 16.7 Å². The Morgan fingerprint density at radius 1 is 0.909 bits per heavy atom. The topological polar surface area (TPSA) is 23.6 Å². The van der Waals surface area contributed by atoms with Crippen LogP contribution in [-0.2, 0) is 0 Å². The minimum Gasteiger partial charge on any atom is -0.337 e. The van der Waals surface area contributed by atoms with Gasteiger partial charge >= 0.3 is 0 Å². The molecule has 0 bridgehead atoms. The molecule has 1 amide bonds. The summed E-state index contributed by atoms with van der Waals surface area (Å²) in [4.78, 5) is 16.9. The Hall–Kier alpha value is -1.87. The van der Waals surface area contributed by atoms with E-state index in [0.717, 1.165) is 43.5 Å². The fourth-order valence-electron chi connectivity index (χ4n) is 2.75. The van der Waals surface area contributed by atoms with Crippen molar-refractivity contribution in [2.24, 2.45) is 0 Å². The normalized spacial score (nSPS) is 15.9. The van der Waals surface area contributed by atoms with Gasteiger partial charge in [-0.3, -0.25) is 4.79 Å². The number of hydrogen-bond donors (Lipinski definition) is 0. The van der Waals surface area contributed by atoms with Crippen molar-refractivity contribution in [3.05, 3.63) is 48.0 Å². The van der Waals surface area contributed by atoms with Crippen molar-refractivity contribution in [2.45, 2.75) is 20.3 Å². The third kappa shape index (κ3) is 3.86. The Morgan fingerprint density at radius 2 is 1.64 bits per heavy atom. The highest BCUT2D eigenvalue weighted by Gasteiger charge is 2.18. The molecule has 3 heteroatoms. The van der Waals surface area contributed by atoms with Crippen LogP contribution in [0.15, 0.2) is 42.5 Å². The number of carbonyl (C=O) groups is 1. The summed E-state index contributed by atoms with van der Waals surface area (Å²) in [5, 5.41) is 2.31. The fourth-order valence-corrected chi connectivity index (χ4v) is 2.75. The lowest BCUT2D eigenvalue weighted by molar-refractivity contribution is 0.0763. The number of fused-ring (bicyclic) bond motifs is 1. The molecule has 2 aromatic carbocycles. The van der Waals surface area contributed by atoms with Gasteiger partial charge in [-0.25, -0.2) is 0 Å². The fraction of sp³-hybridized carbons (Fsp3) is 0.421. The van der Waals surface area contributed by atoms with Gasteiger partial charge < -0.3 is 9.80 Å². The molecule has 0 spiro atoms. The van der Waals surface area contributed by atoms with E-state index in [2.05, 4.69) is 24.1 Å². The smallest absolute Gasteiger partial charge is 0.253 e. The van der Waals surface area contributed by atoms with Gasteiger partial charge in [0, 0.05) is 25.2 Å². The zero-order valence-corrected chi connectivity index (χ0v) is 13.9. The van der Waals surface area contributed by atoms with E-state index in [-0.39, 0.29) is 5.91 Å². The summed E-state index contributed by atoms with van der Waals surface area (Å²) < 4.78 is 0. The van der Waals surface area contributed by atoms with Gasteiger partial charge in [-0.15, -0.1) is 0 Å². The maximum Gasteiger partial charge on any atom is 0.253 e. The van der Waals surface area contributed by atoms with Crippen molar-refractivity contribution in [1.29, 1.82) is 0 Å². The lowest BCUT2D eigenvalue weighted by Crippen LogP contribution is -2.34. The minimum atomic E-state index is 0.158. The summed E-state index contributed by atoms with van der Waals surface area (Å²) in [7, 11) is 2.12. The molecule has 0 atom stereocenters. The van der Waals surface area contributed by atoms with Gasteiger partial charge in [0.25, 0.3) is 5.91 Å². The molecule has 0 saturated carbocycles. The van der Waals surface area contributed by atoms with Crippen LogP contribution < -0.4 is 0 Å². The molecule has 0 aromatic heterocycles. The Labute approximate surface area is 133 Å². The van der Waals surface area contributed by atoms with Gasteiger partial charge in [-0.2, -0.15) is 0 Å². The Morgan fingerprint density at radius 3 is 2.41 bits per heavy atom. The van der Waals surface area contributed by atoms with Crippen molar-refractivity contribution in [3.63, 3.8) is 0 Å². The van der Waals surface area contributed by atoms with Crippen LogP contribution in [0.2, 0.25) is 0 Å². The lowest BCUT2D eigenvalue weighted by atomic mass is 10.1. The first-order chi connectivity index (χ1) is 10.7. The van der Waals surface area contributed by atoms with E-state index < -0.39 is 0 Å². The standard InChI is InChI=1S/C17H20N2O.C2H6/c1-18-9-4-10-19(12-11-18)17(20)16-8-7-14-5-2-3-6-15(14)13-16;1-2/h2-3,5-8,13H,4,9-12H2,1H3;1-2H3. The van der Waals surface area contributed by atoms with E-state index in [1.165, 1.54) is 5.39 Å². The number of hydrogen-bond acceptors (Lipinski definition) is 2. The maximum absolute atomic E-state index is 12.6. The van der Waals surface area contributed by atoms with E-state index >= 15 is 0 Å². The van der Waals surface area contributed by atoms with E-state index in [1.807, 2.05) is 49.1 Å². The molecule has 1 aliphatic rings. The van der Waals surface area contributed by atoms with Gasteiger partial charge in [0.2, 0.25) is 0 Å². The molecule has 1 saturated heterocycles. The van der Waals surface area contributed by atoms with E-state index in [1.54, 1.807) is 0 Å². The first-order valence-corrected chi connectivity index (χ1v) is 8.21. The molecule has 1 fully saturated rings. The molecule has 0 unspecified atom stereocenters. The van der Waals surface area contributed by atoms with Crippen LogP contribution in [-0.4, -0.2) is 48.9 Å². The summed E-state index contributed by atoms with van der Waals surface area (Å²) in [5.74, 6) is 0.158. The molecule has 118 valence electrons. The largest absolute Gasteiger partial charge is 0.337 e. The van der Waals surface area contributed by atoms with Crippen molar-refractivity contribution in [1.82, 2.24) is 9.80 Å². The number of nitrogens with zero attached hydrogens (tertiary/aromatic N) is 2. The third-order valence-electron chi connectivity index (χ3n) is 4.00. The maximum atomic E-state index is 12.6. The van der Waals surface area contributed by atoms with Crippen LogP contribution in [0.1, 0.15) is 30.6 Å². The summed E-state index contributed by atoms with van der Waals surface area (Å²) in [6, 6.07) is 14.1. The van der Waals surface area contributed by atoms with Gasteiger partial charge in [0.05, 0.1) is 0 Å². The average molecular weight is 298 g/mol. The van der Waals surface area contributed by atoms with Crippen LogP contribution in [0.4, 0.5) is 0 Å². The molecular weight excluding hydrogens is 272 g/mol. The Balaban J connectivity index is 0.000000847. The molecule has 0 radical (unpaired) electrons. The SMILES string of the molecule is CC.CN1CCCN(C(=O)c2ccc3ccccc3c2)CC1. The van der Waals surface area contributed by atoms with Crippen LogP contribution in [0.3, 0.4) is 0 Å². The summed E-state index contributed by atoms with van der Waals surface area (Å²) >= 11 is 0. The predicted octanol–water partition coefficient (Wildman–Crippen LogP) is 3.64. The van der Waals surface area contributed by atoms with Crippen molar-refractivity contribution in [3.8, 4) is 0 Å². The highest BCUT2D eigenvalue weighted by Crippen LogP contribution is 2.17. The molecule has 3 rings (SSSR count). The highest BCUT2D eigenvalue weighted by atomic mass is 16.2. The van der Waals surface area contributed by atoms with Gasteiger partial charge in [0.1, 0.15) is 0 Å². The van der Waals surface area contributed by atoms with Crippen LogP contribution >= 0.6 is 0 Å². The zero-order chi connectivity index (χ0) is 15.9. The van der Waals surface area contributed by atoms with Gasteiger partial charge in [-0.1, -0.05) is 44.2 Å². The van der Waals surface area contributed by atoms with E-state index in [4.69, 9.17) is 0 Å². The third-order valence-corrected chi connectivity index (χ3v) is 4.00. The van der Waals surface area contributed by atoms with Crippen LogP contribution in [0.5, 0.6) is 0 Å². The second kappa shape index (κ2) is 7.95. The number of amides is 1. The summed E-state index contributed by atoms with van der Waals surface area (Å²) in [6.45, 7) is 7.71. The molecule has 22 heavy (non-hydrogen) atoms.